The van der Waals surface area contributed by atoms with E-state index in [1.54, 1.807) is 0 Å². The summed E-state index contributed by atoms with van der Waals surface area (Å²) in [5.41, 5.74) is -0.418. The molecule has 114 valence electrons. The third kappa shape index (κ3) is 3.44. The van der Waals surface area contributed by atoms with Crippen molar-refractivity contribution in [2.24, 2.45) is 5.92 Å². The van der Waals surface area contributed by atoms with Gasteiger partial charge in [0.15, 0.2) is 0 Å². The van der Waals surface area contributed by atoms with Crippen molar-refractivity contribution in [3.05, 3.63) is 0 Å². The zero-order chi connectivity index (χ0) is 14.3. The van der Waals surface area contributed by atoms with Gasteiger partial charge in [0.05, 0.1) is 0 Å². The van der Waals surface area contributed by atoms with E-state index in [0.29, 0.717) is 12.1 Å². The SMILES string of the molecule is CC(C)(C)OC(=O)NC1CC1NC1CCN2CCC1C2. The first-order valence-electron chi connectivity index (χ1n) is 7.88. The van der Waals surface area contributed by atoms with Gasteiger partial charge in [-0.3, -0.25) is 0 Å². The Hall–Kier alpha value is -0.810. The van der Waals surface area contributed by atoms with E-state index in [9.17, 15) is 4.79 Å². The predicted molar refractivity (Wildman–Crippen MR) is 77.7 cm³/mol. The van der Waals surface area contributed by atoms with Crippen molar-refractivity contribution >= 4 is 6.09 Å². The number of hydrogen-bond donors (Lipinski definition) is 2. The number of fused-ring (bicyclic) bond motifs is 2. The molecule has 2 aliphatic heterocycles. The highest BCUT2D eigenvalue weighted by atomic mass is 16.6. The number of piperidine rings is 1. The largest absolute Gasteiger partial charge is 0.444 e. The molecule has 2 bridgehead atoms. The number of carbonyl (C=O) groups is 1. The molecule has 3 fully saturated rings. The number of amides is 1. The van der Waals surface area contributed by atoms with E-state index in [2.05, 4.69) is 15.5 Å². The standard InChI is InChI=1S/C15H27N3O2/c1-15(2,3)20-14(19)17-13-8-12(13)16-11-5-7-18-6-4-10(11)9-18/h10-13,16H,4-9H2,1-3H3,(H,17,19). The second-order valence-corrected chi connectivity index (χ2v) is 7.51. The first kappa shape index (κ1) is 14.1. The van der Waals surface area contributed by atoms with Gasteiger partial charge in [-0.2, -0.15) is 0 Å². The average molecular weight is 281 g/mol. The van der Waals surface area contributed by atoms with Gasteiger partial charge in [-0.25, -0.2) is 4.79 Å². The summed E-state index contributed by atoms with van der Waals surface area (Å²) in [5.74, 6) is 0.812. The molecule has 5 nitrogen and oxygen atoms in total. The fourth-order valence-electron chi connectivity index (χ4n) is 3.44. The van der Waals surface area contributed by atoms with Crippen LogP contribution in [0.25, 0.3) is 0 Å². The fourth-order valence-corrected chi connectivity index (χ4v) is 3.44. The van der Waals surface area contributed by atoms with E-state index in [1.807, 2.05) is 20.8 Å². The van der Waals surface area contributed by atoms with E-state index >= 15 is 0 Å². The maximum atomic E-state index is 11.7. The monoisotopic (exact) mass is 281 g/mol. The molecule has 0 radical (unpaired) electrons. The van der Waals surface area contributed by atoms with Gasteiger partial charge >= 0.3 is 6.09 Å². The van der Waals surface area contributed by atoms with E-state index in [-0.39, 0.29) is 12.1 Å². The number of nitrogens with one attached hydrogen (secondary N) is 2. The van der Waals surface area contributed by atoms with E-state index < -0.39 is 5.60 Å². The molecule has 2 heterocycles. The Labute approximate surface area is 121 Å². The molecule has 3 aliphatic rings. The Balaban J connectivity index is 1.40. The minimum absolute atomic E-state index is 0.254. The zero-order valence-corrected chi connectivity index (χ0v) is 12.8. The molecular formula is C15H27N3O2. The first-order valence-corrected chi connectivity index (χ1v) is 7.88. The third-order valence-electron chi connectivity index (χ3n) is 4.55. The molecule has 0 aromatic heterocycles. The molecule has 0 spiro atoms. The third-order valence-corrected chi connectivity index (χ3v) is 4.55. The molecular weight excluding hydrogens is 254 g/mol. The Kier molecular flexibility index (Phi) is 3.67. The van der Waals surface area contributed by atoms with Crippen molar-refractivity contribution < 1.29 is 9.53 Å². The van der Waals surface area contributed by atoms with Crippen molar-refractivity contribution in [2.75, 3.05) is 19.6 Å². The lowest BCUT2D eigenvalue weighted by Crippen LogP contribution is -2.46. The molecule has 5 unspecified atom stereocenters. The summed E-state index contributed by atoms with van der Waals surface area (Å²) in [7, 11) is 0. The Morgan fingerprint density at radius 3 is 2.65 bits per heavy atom. The van der Waals surface area contributed by atoms with Gasteiger partial charge in [0.2, 0.25) is 0 Å². The van der Waals surface area contributed by atoms with Gasteiger partial charge in [0.1, 0.15) is 5.60 Å². The maximum Gasteiger partial charge on any atom is 0.407 e. The number of ether oxygens (including phenoxy) is 1. The summed E-state index contributed by atoms with van der Waals surface area (Å²) in [6.45, 7) is 9.43. The van der Waals surface area contributed by atoms with Crippen molar-refractivity contribution in [3.8, 4) is 0 Å². The van der Waals surface area contributed by atoms with Crippen LogP contribution in [0.4, 0.5) is 4.79 Å². The Morgan fingerprint density at radius 2 is 1.90 bits per heavy atom. The van der Waals surface area contributed by atoms with E-state index in [4.69, 9.17) is 4.74 Å². The number of carbonyl (C=O) groups excluding carboxylic acids is 1. The molecule has 0 aromatic carbocycles. The van der Waals surface area contributed by atoms with Gasteiger partial charge in [0.25, 0.3) is 0 Å². The van der Waals surface area contributed by atoms with E-state index in [0.717, 1.165) is 12.3 Å². The van der Waals surface area contributed by atoms with Crippen LogP contribution in [0.1, 0.15) is 40.0 Å². The van der Waals surface area contributed by atoms with Crippen LogP contribution in [0.2, 0.25) is 0 Å². The highest BCUT2D eigenvalue weighted by molar-refractivity contribution is 5.68. The predicted octanol–water partition coefficient (Wildman–Crippen LogP) is 1.34. The molecule has 2 saturated heterocycles. The quantitative estimate of drug-likeness (QED) is 0.819. The molecule has 2 N–H and O–H groups in total. The minimum Gasteiger partial charge on any atom is -0.444 e. The first-order chi connectivity index (χ1) is 9.40. The Bertz CT molecular complexity index is 380. The lowest BCUT2D eigenvalue weighted by Gasteiger charge is -2.31. The van der Waals surface area contributed by atoms with Crippen LogP contribution >= 0.6 is 0 Å². The second-order valence-electron chi connectivity index (χ2n) is 7.51. The highest BCUT2D eigenvalue weighted by Crippen LogP contribution is 2.30. The van der Waals surface area contributed by atoms with Crippen molar-refractivity contribution in [2.45, 2.75) is 63.8 Å². The van der Waals surface area contributed by atoms with Crippen molar-refractivity contribution in [3.63, 3.8) is 0 Å². The summed E-state index contributed by atoms with van der Waals surface area (Å²) >= 11 is 0. The smallest absolute Gasteiger partial charge is 0.407 e. The fraction of sp³-hybridized carbons (Fsp3) is 0.933. The summed E-state index contributed by atoms with van der Waals surface area (Å²) in [6, 6.07) is 1.34. The van der Waals surface area contributed by atoms with Gasteiger partial charge in [-0.1, -0.05) is 0 Å². The molecule has 5 atom stereocenters. The molecule has 20 heavy (non-hydrogen) atoms. The van der Waals surface area contributed by atoms with Crippen molar-refractivity contribution in [1.29, 1.82) is 0 Å². The highest BCUT2D eigenvalue weighted by Gasteiger charge is 2.43. The van der Waals surface area contributed by atoms with Crippen molar-refractivity contribution in [1.82, 2.24) is 15.5 Å². The van der Waals surface area contributed by atoms with Crippen LogP contribution in [0.15, 0.2) is 0 Å². The van der Waals surface area contributed by atoms with Crippen LogP contribution in [0, 0.1) is 5.92 Å². The average Bonchev–Trinajstić information content (AvgIpc) is 2.92. The molecule has 5 heteroatoms. The number of nitrogens with zero attached hydrogens (tertiary/aromatic N) is 1. The second kappa shape index (κ2) is 5.19. The van der Waals surface area contributed by atoms with Gasteiger partial charge in [-0.15, -0.1) is 0 Å². The summed E-state index contributed by atoms with van der Waals surface area (Å²) < 4.78 is 5.29. The van der Waals surface area contributed by atoms with Crippen LogP contribution in [0.3, 0.4) is 0 Å². The van der Waals surface area contributed by atoms with Crippen LogP contribution < -0.4 is 10.6 Å². The van der Waals surface area contributed by atoms with Crippen LogP contribution in [-0.4, -0.2) is 54.4 Å². The normalized spacial score (nSPS) is 39.5. The molecule has 3 rings (SSSR count). The molecule has 1 saturated carbocycles. The summed E-state index contributed by atoms with van der Waals surface area (Å²) in [4.78, 5) is 14.3. The number of hydrogen-bond acceptors (Lipinski definition) is 4. The minimum atomic E-state index is -0.418. The Morgan fingerprint density at radius 1 is 1.15 bits per heavy atom. The summed E-state index contributed by atoms with van der Waals surface area (Å²) in [6.07, 6.45) is 3.32. The molecule has 1 amide bonds. The lowest BCUT2D eigenvalue weighted by molar-refractivity contribution is 0.0521. The van der Waals surface area contributed by atoms with Gasteiger partial charge in [-0.05, 0) is 59.0 Å². The number of alkyl carbamates (subject to hydrolysis) is 1. The topological polar surface area (TPSA) is 53.6 Å². The van der Waals surface area contributed by atoms with Crippen LogP contribution in [-0.2, 0) is 4.74 Å². The summed E-state index contributed by atoms with van der Waals surface area (Å²) in [5, 5.41) is 6.70. The molecule has 0 aromatic rings. The lowest BCUT2D eigenvalue weighted by atomic mass is 9.94. The molecule has 1 aliphatic carbocycles. The van der Waals surface area contributed by atoms with E-state index in [1.165, 1.54) is 32.5 Å². The zero-order valence-electron chi connectivity index (χ0n) is 12.8. The maximum absolute atomic E-state index is 11.7. The number of rotatable bonds is 3. The van der Waals surface area contributed by atoms with Gasteiger partial charge < -0.3 is 20.3 Å². The van der Waals surface area contributed by atoms with Gasteiger partial charge in [0, 0.05) is 24.7 Å². The van der Waals surface area contributed by atoms with Crippen LogP contribution in [0.5, 0.6) is 0 Å².